The van der Waals surface area contributed by atoms with Gasteiger partial charge in [-0.15, -0.1) is 0 Å². The predicted molar refractivity (Wildman–Crippen MR) is 118 cm³/mol. The van der Waals surface area contributed by atoms with Crippen molar-refractivity contribution in [1.82, 2.24) is 10.2 Å². The lowest BCUT2D eigenvalue weighted by Gasteiger charge is -2.23. The Kier molecular flexibility index (Phi) is 7.72. The number of nitrogens with one attached hydrogen (secondary N) is 2. The van der Waals surface area contributed by atoms with Crippen LogP contribution in [0.2, 0.25) is 0 Å². The van der Waals surface area contributed by atoms with Crippen molar-refractivity contribution in [3.63, 3.8) is 0 Å². The van der Waals surface area contributed by atoms with Gasteiger partial charge in [-0.3, -0.25) is 14.5 Å². The first kappa shape index (κ1) is 22.4. The minimum absolute atomic E-state index is 0.111. The summed E-state index contributed by atoms with van der Waals surface area (Å²) in [5, 5.41) is 5.81. The van der Waals surface area contributed by atoms with Crippen LogP contribution in [0.15, 0.2) is 42.5 Å². The van der Waals surface area contributed by atoms with E-state index in [2.05, 4.69) is 10.6 Å². The maximum absolute atomic E-state index is 12.6. The number of fused-ring (bicyclic) bond motifs is 1. The molecule has 2 aromatic rings. The highest BCUT2D eigenvalue weighted by Crippen LogP contribution is 2.32. The molecule has 0 aliphatic carbocycles. The van der Waals surface area contributed by atoms with Gasteiger partial charge in [0, 0.05) is 11.8 Å². The highest BCUT2D eigenvalue weighted by Gasteiger charge is 2.18. The molecule has 166 valence electrons. The van der Waals surface area contributed by atoms with Gasteiger partial charge in [0.25, 0.3) is 0 Å². The van der Waals surface area contributed by atoms with Crippen LogP contribution in [0.4, 0.5) is 5.69 Å². The summed E-state index contributed by atoms with van der Waals surface area (Å²) >= 11 is 0. The summed E-state index contributed by atoms with van der Waals surface area (Å²) in [6, 6.07) is 12.6. The molecule has 8 nitrogen and oxygen atoms in total. The second-order valence-electron chi connectivity index (χ2n) is 7.28. The summed E-state index contributed by atoms with van der Waals surface area (Å²) in [6.45, 7) is 5.68. The Morgan fingerprint density at radius 1 is 1.06 bits per heavy atom. The number of rotatable bonds is 9. The van der Waals surface area contributed by atoms with Crippen molar-refractivity contribution in [2.75, 3.05) is 45.3 Å². The Bertz CT molecular complexity index is 918. The van der Waals surface area contributed by atoms with Gasteiger partial charge in [-0.25, -0.2) is 0 Å². The summed E-state index contributed by atoms with van der Waals surface area (Å²) in [4.78, 5) is 26.7. The van der Waals surface area contributed by atoms with Crippen LogP contribution in [0.3, 0.4) is 0 Å². The van der Waals surface area contributed by atoms with Crippen LogP contribution in [0.1, 0.15) is 25.5 Å². The first-order valence-electron chi connectivity index (χ1n) is 10.3. The van der Waals surface area contributed by atoms with Crippen molar-refractivity contribution in [2.45, 2.75) is 19.9 Å². The van der Waals surface area contributed by atoms with E-state index < -0.39 is 0 Å². The third-order valence-electron chi connectivity index (χ3n) is 4.98. The number of hydrogen-bond acceptors (Lipinski definition) is 6. The highest BCUT2D eigenvalue weighted by atomic mass is 16.6. The van der Waals surface area contributed by atoms with Crippen molar-refractivity contribution in [3.05, 3.63) is 48.0 Å². The Morgan fingerprint density at radius 3 is 2.55 bits per heavy atom. The quantitative estimate of drug-likeness (QED) is 0.640. The largest absolute Gasteiger partial charge is 0.497 e. The summed E-state index contributed by atoms with van der Waals surface area (Å²) < 4.78 is 16.3. The minimum atomic E-state index is -0.201. The summed E-state index contributed by atoms with van der Waals surface area (Å²) in [7, 11) is 1.57. The number of carbonyl (C=O) groups is 2. The molecule has 0 radical (unpaired) electrons. The molecule has 0 aromatic heterocycles. The Morgan fingerprint density at radius 2 is 1.81 bits per heavy atom. The summed E-state index contributed by atoms with van der Waals surface area (Å²) in [6.07, 6.45) is 0. The third-order valence-corrected chi connectivity index (χ3v) is 4.98. The van der Waals surface area contributed by atoms with Gasteiger partial charge in [-0.05, 0) is 43.3 Å². The average molecular weight is 428 g/mol. The maximum atomic E-state index is 12.6. The summed E-state index contributed by atoms with van der Waals surface area (Å²) in [5.74, 6) is 1.72. The van der Waals surface area contributed by atoms with Gasteiger partial charge < -0.3 is 24.8 Å². The van der Waals surface area contributed by atoms with Gasteiger partial charge in [0.05, 0.1) is 26.2 Å². The van der Waals surface area contributed by atoms with Crippen LogP contribution < -0.4 is 24.8 Å². The van der Waals surface area contributed by atoms with E-state index in [9.17, 15) is 9.59 Å². The van der Waals surface area contributed by atoms with Crippen LogP contribution in [-0.2, 0) is 9.59 Å². The number of ether oxygens (including phenoxy) is 3. The first-order chi connectivity index (χ1) is 15.0. The lowest BCUT2D eigenvalue weighted by atomic mass is 10.1. The molecule has 0 fully saturated rings. The zero-order chi connectivity index (χ0) is 22.2. The molecule has 8 heteroatoms. The van der Waals surface area contributed by atoms with Gasteiger partial charge in [0.2, 0.25) is 11.8 Å². The third kappa shape index (κ3) is 6.36. The van der Waals surface area contributed by atoms with E-state index >= 15 is 0 Å². The number of amides is 2. The van der Waals surface area contributed by atoms with Gasteiger partial charge in [-0.1, -0.05) is 19.1 Å². The Labute approximate surface area is 182 Å². The molecule has 31 heavy (non-hydrogen) atoms. The molecular formula is C23H29N3O5. The molecule has 1 aliphatic heterocycles. The zero-order valence-electron chi connectivity index (χ0n) is 18.1. The van der Waals surface area contributed by atoms with E-state index in [1.165, 1.54) is 0 Å². The molecule has 0 bridgehead atoms. The van der Waals surface area contributed by atoms with Crippen LogP contribution in [0, 0.1) is 0 Å². The van der Waals surface area contributed by atoms with Crippen LogP contribution >= 0.6 is 0 Å². The predicted octanol–water partition coefficient (Wildman–Crippen LogP) is 2.60. The van der Waals surface area contributed by atoms with Crippen molar-refractivity contribution >= 4 is 17.5 Å². The van der Waals surface area contributed by atoms with E-state index in [1.54, 1.807) is 36.3 Å². The lowest BCUT2D eigenvalue weighted by Crippen LogP contribution is -2.41. The van der Waals surface area contributed by atoms with Crippen molar-refractivity contribution < 1.29 is 23.8 Å². The molecule has 1 aliphatic rings. The van der Waals surface area contributed by atoms with Gasteiger partial charge in [0.1, 0.15) is 19.0 Å². The first-order valence-corrected chi connectivity index (χ1v) is 10.3. The second kappa shape index (κ2) is 10.7. The molecule has 0 saturated heterocycles. The fourth-order valence-corrected chi connectivity index (χ4v) is 3.29. The molecule has 1 atom stereocenters. The Balaban J connectivity index is 1.51. The van der Waals surface area contributed by atoms with E-state index in [0.29, 0.717) is 42.7 Å². The molecule has 0 spiro atoms. The molecule has 1 heterocycles. The fourth-order valence-electron chi connectivity index (χ4n) is 3.29. The highest BCUT2D eigenvalue weighted by molar-refractivity contribution is 5.92. The lowest BCUT2D eigenvalue weighted by molar-refractivity contribution is -0.123. The number of anilines is 1. The SMILES string of the molecule is CCN(CC(=O)Nc1cccc(OC)c1)CC(=O)N[C@@H](C)c1ccc2c(c1)OCCO2. The van der Waals surface area contributed by atoms with Crippen LogP contribution in [0.25, 0.3) is 0 Å². The normalized spacial score (nSPS) is 13.4. The van der Waals surface area contributed by atoms with E-state index in [4.69, 9.17) is 14.2 Å². The molecule has 0 saturated carbocycles. The monoisotopic (exact) mass is 427 g/mol. The molecule has 2 N–H and O–H groups in total. The molecule has 2 amide bonds. The summed E-state index contributed by atoms with van der Waals surface area (Å²) in [5.41, 5.74) is 1.58. The number of nitrogens with zero attached hydrogens (tertiary/aromatic N) is 1. The van der Waals surface area contributed by atoms with Crippen LogP contribution in [0.5, 0.6) is 17.2 Å². The molecule has 0 unspecified atom stereocenters. The van der Waals surface area contributed by atoms with Crippen molar-refractivity contribution in [2.24, 2.45) is 0 Å². The smallest absolute Gasteiger partial charge is 0.238 e. The standard InChI is InChI=1S/C23H29N3O5/c1-4-26(15-23(28)25-18-6-5-7-19(13-18)29-3)14-22(27)24-16(2)17-8-9-20-21(12-17)31-11-10-30-20/h5-9,12-13,16H,4,10-11,14-15H2,1-3H3,(H,24,27)(H,25,28)/t16-/m0/s1. The second-order valence-corrected chi connectivity index (χ2v) is 7.28. The van der Waals surface area contributed by atoms with E-state index in [-0.39, 0.29) is 30.9 Å². The topological polar surface area (TPSA) is 89.1 Å². The molecule has 3 rings (SSSR count). The van der Waals surface area contributed by atoms with Crippen molar-refractivity contribution in [3.8, 4) is 17.2 Å². The zero-order valence-corrected chi connectivity index (χ0v) is 18.1. The van der Waals surface area contributed by atoms with Gasteiger partial charge in [0.15, 0.2) is 11.5 Å². The molecule has 2 aromatic carbocycles. The Hall–Kier alpha value is -3.26. The number of methoxy groups -OCH3 is 1. The molecular weight excluding hydrogens is 398 g/mol. The number of hydrogen-bond donors (Lipinski definition) is 2. The fraction of sp³-hybridized carbons (Fsp3) is 0.391. The van der Waals surface area contributed by atoms with Gasteiger partial charge in [-0.2, -0.15) is 0 Å². The maximum Gasteiger partial charge on any atom is 0.238 e. The number of benzene rings is 2. The van der Waals surface area contributed by atoms with Crippen LogP contribution in [-0.4, -0.2) is 56.7 Å². The van der Waals surface area contributed by atoms with Gasteiger partial charge >= 0.3 is 0 Å². The van der Waals surface area contributed by atoms with Crippen molar-refractivity contribution in [1.29, 1.82) is 0 Å². The van der Waals surface area contributed by atoms with E-state index in [1.807, 2.05) is 32.0 Å². The average Bonchev–Trinajstić information content (AvgIpc) is 2.78. The van der Waals surface area contributed by atoms with E-state index in [0.717, 1.165) is 5.56 Å². The number of likely N-dealkylation sites (N-methyl/N-ethyl adjacent to an activating group) is 1. The minimum Gasteiger partial charge on any atom is -0.497 e. The number of carbonyl (C=O) groups excluding carboxylic acids is 2.